The maximum Gasteiger partial charge on any atom is 0.347 e. The number of carbonyl (C=O) groups excluding carboxylic acids is 3. The van der Waals surface area contributed by atoms with Crippen LogP contribution >= 0.6 is 0 Å². The molecular weight excluding hydrogens is 420 g/mol. The maximum atomic E-state index is 13.1. The van der Waals surface area contributed by atoms with Crippen LogP contribution in [0.2, 0.25) is 0 Å². The van der Waals surface area contributed by atoms with Crippen LogP contribution in [0.4, 0.5) is 0 Å². The van der Waals surface area contributed by atoms with Gasteiger partial charge in [-0.1, -0.05) is 0 Å². The highest BCUT2D eigenvalue weighted by molar-refractivity contribution is 6.03. The van der Waals surface area contributed by atoms with Crippen molar-refractivity contribution in [2.75, 3.05) is 14.2 Å². The van der Waals surface area contributed by atoms with E-state index < -0.39 is 18.2 Å². The van der Waals surface area contributed by atoms with E-state index in [9.17, 15) is 19.5 Å². The first kappa shape index (κ1) is 21.4. The van der Waals surface area contributed by atoms with Gasteiger partial charge in [0, 0.05) is 5.56 Å². The summed E-state index contributed by atoms with van der Waals surface area (Å²) in [5.41, 5.74) is 1.21. The number of benzene rings is 2. The minimum atomic E-state index is -1.65. The van der Waals surface area contributed by atoms with Crippen LogP contribution in [-0.4, -0.2) is 37.0 Å². The lowest BCUT2D eigenvalue weighted by Gasteiger charge is -2.18. The standard InChI is InChI=1S/C23H20O9/c1-9-8-13(28-4)12(7-6-10(2)24)19-14(9)21(25)31-18-11(3)17(29-5)15-16(20(18)30-19)23(27)32-22(15)26/h6-8,23,27H,1-5H3. The molecule has 0 saturated carbocycles. The third-order valence-electron chi connectivity index (χ3n) is 5.29. The molecule has 2 aliphatic rings. The minimum Gasteiger partial charge on any atom is -0.496 e. The molecule has 0 saturated heterocycles. The summed E-state index contributed by atoms with van der Waals surface area (Å²) in [5.74, 6) is -1.31. The Bertz CT molecular complexity index is 1220. The van der Waals surface area contributed by atoms with Crippen molar-refractivity contribution in [1.82, 2.24) is 0 Å². The van der Waals surface area contributed by atoms with Crippen molar-refractivity contribution in [3.8, 4) is 28.7 Å². The fourth-order valence-electron chi connectivity index (χ4n) is 3.86. The Hall–Kier alpha value is -3.85. The number of aliphatic hydroxyl groups excluding tert-OH is 1. The van der Waals surface area contributed by atoms with Gasteiger partial charge in [-0.15, -0.1) is 0 Å². The molecular formula is C23H20O9. The highest BCUT2D eigenvalue weighted by Gasteiger charge is 2.43. The van der Waals surface area contributed by atoms with E-state index in [0.717, 1.165) is 0 Å². The second-order valence-corrected chi connectivity index (χ2v) is 7.31. The average molecular weight is 440 g/mol. The molecule has 0 bridgehead atoms. The number of ketones is 1. The maximum absolute atomic E-state index is 13.1. The van der Waals surface area contributed by atoms with E-state index in [1.807, 2.05) is 0 Å². The summed E-state index contributed by atoms with van der Waals surface area (Å²) >= 11 is 0. The van der Waals surface area contributed by atoms with Crippen molar-refractivity contribution in [3.05, 3.63) is 45.5 Å². The molecule has 9 heteroatoms. The molecule has 2 heterocycles. The zero-order valence-corrected chi connectivity index (χ0v) is 18.0. The van der Waals surface area contributed by atoms with Crippen molar-refractivity contribution in [3.63, 3.8) is 0 Å². The molecule has 0 fully saturated rings. The summed E-state index contributed by atoms with van der Waals surface area (Å²) < 4.78 is 27.6. The fraction of sp³-hybridized carbons (Fsp3) is 0.261. The van der Waals surface area contributed by atoms with E-state index in [1.165, 1.54) is 33.3 Å². The van der Waals surface area contributed by atoms with Gasteiger partial charge in [0.2, 0.25) is 6.29 Å². The number of ether oxygens (including phenoxy) is 5. The molecule has 1 atom stereocenters. The number of allylic oxidation sites excluding steroid dienone is 1. The predicted octanol–water partition coefficient (Wildman–Crippen LogP) is 3.41. The largest absolute Gasteiger partial charge is 0.496 e. The van der Waals surface area contributed by atoms with Crippen molar-refractivity contribution in [2.45, 2.75) is 27.1 Å². The van der Waals surface area contributed by atoms with Gasteiger partial charge in [0.15, 0.2) is 23.0 Å². The number of methoxy groups -OCH3 is 2. The van der Waals surface area contributed by atoms with Gasteiger partial charge in [-0.05, 0) is 44.6 Å². The van der Waals surface area contributed by atoms with Gasteiger partial charge in [-0.3, -0.25) is 4.79 Å². The van der Waals surface area contributed by atoms with Crippen LogP contribution < -0.4 is 18.9 Å². The number of fused-ring (bicyclic) bond motifs is 4. The number of hydrogen-bond donors (Lipinski definition) is 1. The van der Waals surface area contributed by atoms with E-state index in [4.69, 9.17) is 23.7 Å². The van der Waals surface area contributed by atoms with Gasteiger partial charge in [-0.2, -0.15) is 0 Å². The minimum absolute atomic E-state index is 0.0148. The van der Waals surface area contributed by atoms with Crippen LogP contribution in [0.5, 0.6) is 28.7 Å². The molecule has 0 aromatic heterocycles. The summed E-state index contributed by atoms with van der Waals surface area (Å²) in [6.07, 6.45) is 1.12. The quantitative estimate of drug-likeness (QED) is 0.433. The normalized spacial score (nSPS) is 16.4. The zero-order chi connectivity index (χ0) is 23.3. The molecule has 0 spiro atoms. The molecule has 2 aromatic carbocycles. The molecule has 2 aliphatic heterocycles. The summed E-state index contributed by atoms with van der Waals surface area (Å²) in [4.78, 5) is 37.1. The Balaban J connectivity index is 2.08. The number of carbonyl (C=O) groups is 3. The first-order chi connectivity index (χ1) is 15.2. The van der Waals surface area contributed by atoms with Crippen LogP contribution in [0, 0.1) is 13.8 Å². The Morgan fingerprint density at radius 2 is 1.75 bits per heavy atom. The molecule has 0 radical (unpaired) electrons. The van der Waals surface area contributed by atoms with Crippen molar-refractivity contribution >= 4 is 23.8 Å². The third kappa shape index (κ3) is 3.09. The summed E-state index contributed by atoms with van der Waals surface area (Å²) in [6, 6.07) is 1.62. The number of cyclic esters (lactones) is 1. The lowest BCUT2D eigenvalue weighted by molar-refractivity contribution is -0.112. The Morgan fingerprint density at radius 3 is 2.38 bits per heavy atom. The van der Waals surface area contributed by atoms with E-state index in [2.05, 4.69) is 0 Å². The predicted molar refractivity (Wildman–Crippen MR) is 111 cm³/mol. The molecule has 9 nitrogen and oxygen atoms in total. The van der Waals surface area contributed by atoms with Crippen LogP contribution in [0.15, 0.2) is 12.1 Å². The third-order valence-corrected chi connectivity index (χ3v) is 5.29. The van der Waals surface area contributed by atoms with Crippen molar-refractivity contribution in [2.24, 2.45) is 0 Å². The van der Waals surface area contributed by atoms with E-state index >= 15 is 0 Å². The second kappa shape index (κ2) is 7.69. The van der Waals surface area contributed by atoms with Gasteiger partial charge >= 0.3 is 11.9 Å². The first-order valence-corrected chi connectivity index (χ1v) is 9.63. The summed E-state index contributed by atoms with van der Waals surface area (Å²) in [5, 5.41) is 10.4. The number of hydrogen-bond acceptors (Lipinski definition) is 9. The fourth-order valence-corrected chi connectivity index (χ4v) is 3.86. The van der Waals surface area contributed by atoms with Gasteiger partial charge in [0.25, 0.3) is 0 Å². The molecule has 0 amide bonds. The highest BCUT2D eigenvalue weighted by Crippen LogP contribution is 2.54. The van der Waals surface area contributed by atoms with E-state index in [-0.39, 0.29) is 45.5 Å². The van der Waals surface area contributed by atoms with Crippen molar-refractivity contribution in [1.29, 1.82) is 0 Å². The first-order valence-electron chi connectivity index (χ1n) is 9.63. The molecule has 2 aromatic rings. The van der Waals surface area contributed by atoms with E-state index in [0.29, 0.717) is 22.4 Å². The number of esters is 2. The lowest BCUT2D eigenvalue weighted by Crippen LogP contribution is -2.11. The second-order valence-electron chi connectivity index (χ2n) is 7.31. The molecule has 166 valence electrons. The Morgan fingerprint density at radius 1 is 1.03 bits per heavy atom. The molecule has 1 N–H and O–H groups in total. The van der Waals surface area contributed by atoms with Gasteiger partial charge in [0.05, 0.1) is 25.3 Å². The van der Waals surface area contributed by atoms with Gasteiger partial charge in [0.1, 0.15) is 22.6 Å². The molecule has 0 aliphatic carbocycles. The van der Waals surface area contributed by atoms with E-state index in [1.54, 1.807) is 19.9 Å². The topological polar surface area (TPSA) is 118 Å². The van der Waals surface area contributed by atoms with Crippen LogP contribution in [0.3, 0.4) is 0 Å². The monoisotopic (exact) mass is 440 g/mol. The van der Waals surface area contributed by atoms with Crippen LogP contribution in [0.25, 0.3) is 6.08 Å². The van der Waals surface area contributed by atoms with Crippen LogP contribution in [0.1, 0.15) is 56.2 Å². The lowest BCUT2D eigenvalue weighted by atomic mass is 10.0. The number of rotatable bonds is 4. The highest BCUT2D eigenvalue weighted by atomic mass is 16.6. The summed E-state index contributed by atoms with van der Waals surface area (Å²) in [7, 11) is 2.79. The Kier molecular flexibility index (Phi) is 5.14. The molecule has 32 heavy (non-hydrogen) atoms. The SMILES string of the molecule is COc1cc(C)c2c(c1C=CC(C)=O)Oc1c(c(C)c(OC)c3c1C(O)OC3=O)OC2=O. The smallest absolute Gasteiger partial charge is 0.347 e. The zero-order valence-electron chi connectivity index (χ0n) is 18.0. The Labute approximate surface area is 183 Å². The molecule has 1 unspecified atom stereocenters. The summed E-state index contributed by atoms with van der Waals surface area (Å²) in [6.45, 7) is 4.65. The van der Waals surface area contributed by atoms with Gasteiger partial charge < -0.3 is 28.8 Å². The van der Waals surface area contributed by atoms with Crippen LogP contribution in [-0.2, 0) is 9.53 Å². The van der Waals surface area contributed by atoms with Gasteiger partial charge in [-0.25, -0.2) is 9.59 Å². The van der Waals surface area contributed by atoms with Crippen molar-refractivity contribution < 1.29 is 43.2 Å². The molecule has 4 rings (SSSR count). The average Bonchev–Trinajstić information content (AvgIpc) is 2.92. The number of aryl methyl sites for hydroxylation is 1. The number of aliphatic hydroxyl groups is 1.